The predicted molar refractivity (Wildman–Crippen MR) is 116 cm³/mol. The Hall–Kier alpha value is -3.75. The summed E-state index contributed by atoms with van der Waals surface area (Å²) in [5.74, 6) is -0.769. The van der Waals surface area contributed by atoms with Crippen LogP contribution in [0.15, 0.2) is 60.0 Å². The Bertz CT molecular complexity index is 1150. The van der Waals surface area contributed by atoms with E-state index in [4.69, 9.17) is 5.11 Å². The highest BCUT2D eigenvalue weighted by atomic mass is 32.1. The van der Waals surface area contributed by atoms with Crippen molar-refractivity contribution in [2.75, 3.05) is 10.6 Å². The molecule has 4 N–H and O–H groups in total. The van der Waals surface area contributed by atoms with E-state index in [1.54, 1.807) is 30.3 Å². The first kappa shape index (κ1) is 19.6. The number of aliphatic hydroxyl groups is 1. The maximum Gasteiger partial charge on any atom is 0.326 e. The molecule has 0 spiro atoms. The molecule has 0 unspecified atom stereocenters. The number of carbonyl (C=O) groups is 3. The minimum absolute atomic E-state index is 0.124. The lowest BCUT2D eigenvalue weighted by Gasteiger charge is -2.08. The molecule has 2 aromatic carbocycles. The third-order valence-corrected chi connectivity index (χ3v) is 5.34. The van der Waals surface area contributed by atoms with Gasteiger partial charge in [0.2, 0.25) is 0 Å². The normalized spacial score (nSPS) is 13.6. The fraction of sp³-hybridized carbons (Fsp3) is 0.0455. The lowest BCUT2D eigenvalue weighted by Crippen LogP contribution is -2.34. The summed E-state index contributed by atoms with van der Waals surface area (Å²) in [5.41, 5.74) is 3.30. The first-order chi connectivity index (χ1) is 14.5. The number of rotatable bonds is 4. The van der Waals surface area contributed by atoms with Crippen molar-refractivity contribution >= 4 is 52.2 Å². The summed E-state index contributed by atoms with van der Waals surface area (Å²) in [6.07, 6.45) is 1.83. The summed E-state index contributed by atoms with van der Waals surface area (Å²) >= 11 is 1.54. The number of thiophene rings is 1. The third-order valence-electron chi connectivity index (χ3n) is 4.52. The minimum atomic E-state index is -0.690. The van der Waals surface area contributed by atoms with Crippen molar-refractivity contribution in [2.45, 2.75) is 6.61 Å². The Morgan fingerprint density at radius 2 is 1.90 bits per heavy atom. The molecule has 0 saturated heterocycles. The van der Waals surface area contributed by atoms with Gasteiger partial charge in [-0.15, -0.1) is 11.3 Å². The number of urea groups is 1. The second-order valence-electron chi connectivity index (χ2n) is 6.55. The second kappa shape index (κ2) is 8.32. The average Bonchev–Trinajstić information content (AvgIpc) is 3.36. The molecule has 1 aromatic heterocycles. The molecule has 0 fully saturated rings. The Labute approximate surface area is 176 Å². The number of carbonyl (C=O) groups excluding carboxylic acids is 3. The number of hydrogen-bond donors (Lipinski definition) is 4. The summed E-state index contributed by atoms with van der Waals surface area (Å²) in [6.45, 7) is -0.124. The van der Waals surface area contributed by atoms with Crippen LogP contribution in [0.3, 0.4) is 0 Å². The number of imide groups is 1. The molecule has 4 rings (SSSR count). The van der Waals surface area contributed by atoms with E-state index in [-0.39, 0.29) is 12.5 Å². The van der Waals surface area contributed by atoms with E-state index in [0.717, 1.165) is 10.4 Å². The first-order valence-corrected chi connectivity index (χ1v) is 9.94. The monoisotopic (exact) mass is 419 g/mol. The van der Waals surface area contributed by atoms with E-state index in [9.17, 15) is 14.4 Å². The van der Waals surface area contributed by atoms with Crippen LogP contribution in [0.5, 0.6) is 0 Å². The number of hydrogen-bond acceptors (Lipinski definition) is 5. The van der Waals surface area contributed by atoms with Crippen LogP contribution in [0.25, 0.3) is 11.6 Å². The minimum Gasteiger partial charge on any atom is -0.392 e. The summed E-state index contributed by atoms with van der Waals surface area (Å²) in [5, 5.41) is 18.6. The Morgan fingerprint density at radius 3 is 2.60 bits per heavy atom. The maximum absolute atomic E-state index is 12.3. The first-order valence-electron chi connectivity index (χ1n) is 9.06. The van der Waals surface area contributed by atoms with Gasteiger partial charge in [-0.05, 0) is 47.4 Å². The standard InChI is InChI=1S/C22H17N3O4S/c26-12-13-3-5-14(6-4-13)20(27)25-22(29)23-15-7-8-17-18(11-16-2-1-9-30-16)21(28)24-19(17)10-15/h1-11,26H,12H2,(H,24,28)(H2,23,25,27,29)/b18-11-. The largest absolute Gasteiger partial charge is 0.392 e. The fourth-order valence-electron chi connectivity index (χ4n) is 3.03. The zero-order valence-electron chi connectivity index (χ0n) is 15.6. The molecule has 1 aliphatic rings. The molecule has 4 amide bonds. The van der Waals surface area contributed by atoms with Gasteiger partial charge in [-0.3, -0.25) is 14.9 Å². The number of aliphatic hydroxyl groups excluding tert-OH is 1. The zero-order chi connectivity index (χ0) is 21.1. The number of fused-ring (bicyclic) bond motifs is 1. The van der Waals surface area contributed by atoms with Crippen LogP contribution in [0, 0.1) is 0 Å². The van der Waals surface area contributed by atoms with E-state index in [1.165, 1.54) is 23.5 Å². The number of amides is 4. The molecule has 7 nitrogen and oxygen atoms in total. The number of benzene rings is 2. The van der Waals surface area contributed by atoms with Crippen LogP contribution in [-0.2, 0) is 11.4 Å². The molecule has 0 aliphatic carbocycles. The number of nitrogens with one attached hydrogen (secondary N) is 3. The van der Waals surface area contributed by atoms with Gasteiger partial charge >= 0.3 is 6.03 Å². The van der Waals surface area contributed by atoms with Crippen LogP contribution < -0.4 is 16.0 Å². The summed E-state index contributed by atoms with van der Waals surface area (Å²) in [4.78, 5) is 37.6. The molecule has 0 radical (unpaired) electrons. The molecular weight excluding hydrogens is 402 g/mol. The molecule has 2 heterocycles. The molecule has 3 aromatic rings. The Kier molecular flexibility index (Phi) is 5.42. The predicted octanol–water partition coefficient (Wildman–Crippen LogP) is 3.70. The Morgan fingerprint density at radius 1 is 1.10 bits per heavy atom. The quantitative estimate of drug-likeness (QED) is 0.484. The van der Waals surface area contributed by atoms with Crippen molar-refractivity contribution in [1.29, 1.82) is 0 Å². The third kappa shape index (κ3) is 4.14. The lowest BCUT2D eigenvalue weighted by atomic mass is 10.1. The topological polar surface area (TPSA) is 108 Å². The molecule has 150 valence electrons. The maximum atomic E-state index is 12.3. The van der Waals surface area contributed by atoms with Crippen LogP contribution in [-0.4, -0.2) is 23.0 Å². The van der Waals surface area contributed by atoms with Crippen molar-refractivity contribution in [2.24, 2.45) is 0 Å². The molecular formula is C22H17N3O4S. The molecule has 8 heteroatoms. The van der Waals surface area contributed by atoms with Crippen LogP contribution >= 0.6 is 11.3 Å². The van der Waals surface area contributed by atoms with Crippen molar-refractivity contribution in [3.8, 4) is 0 Å². The average molecular weight is 419 g/mol. The number of anilines is 2. The fourth-order valence-corrected chi connectivity index (χ4v) is 3.69. The van der Waals surface area contributed by atoms with E-state index in [0.29, 0.717) is 28.1 Å². The van der Waals surface area contributed by atoms with E-state index in [2.05, 4.69) is 16.0 Å². The highest BCUT2D eigenvalue weighted by Crippen LogP contribution is 2.35. The lowest BCUT2D eigenvalue weighted by molar-refractivity contribution is -0.110. The molecule has 0 bridgehead atoms. The van der Waals surface area contributed by atoms with E-state index in [1.807, 2.05) is 23.6 Å². The highest BCUT2D eigenvalue weighted by Gasteiger charge is 2.24. The zero-order valence-corrected chi connectivity index (χ0v) is 16.5. The van der Waals surface area contributed by atoms with Crippen LogP contribution in [0.2, 0.25) is 0 Å². The van der Waals surface area contributed by atoms with Crippen LogP contribution in [0.4, 0.5) is 16.2 Å². The van der Waals surface area contributed by atoms with Gasteiger partial charge in [-0.25, -0.2) is 4.79 Å². The SMILES string of the molecule is O=C(NC(=O)c1ccc(CO)cc1)Nc1ccc2c(c1)NC(=O)/C2=C\c1cccs1. The van der Waals surface area contributed by atoms with Gasteiger partial charge in [0.05, 0.1) is 17.9 Å². The summed E-state index contributed by atoms with van der Waals surface area (Å²) in [7, 11) is 0. The molecule has 1 aliphatic heterocycles. The second-order valence-corrected chi connectivity index (χ2v) is 7.53. The van der Waals surface area contributed by atoms with Crippen molar-refractivity contribution in [1.82, 2.24) is 5.32 Å². The van der Waals surface area contributed by atoms with Crippen LogP contribution in [0.1, 0.15) is 26.4 Å². The van der Waals surface area contributed by atoms with Gasteiger partial charge in [0.15, 0.2) is 0 Å². The van der Waals surface area contributed by atoms with Crippen molar-refractivity contribution < 1.29 is 19.5 Å². The van der Waals surface area contributed by atoms with Gasteiger partial charge in [0, 0.05) is 21.7 Å². The summed E-state index contributed by atoms with van der Waals surface area (Å²) < 4.78 is 0. The molecule has 30 heavy (non-hydrogen) atoms. The van der Waals surface area contributed by atoms with Gasteiger partial charge in [-0.2, -0.15) is 0 Å². The Balaban J connectivity index is 1.44. The van der Waals surface area contributed by atoms with Gasteiger partial charge in [0.1, 0.15) is 0 Å². The van der Waals surface area contributed by atoms with Gasteiger partial charge in [-0.1, -0.05) is 24.3 Å². The van der Waals surface area contributed by atoms with E-state index < -0.39 is 11.9 Å². The van der Waals surface area contributed by atoms with Crippen molar-refractivity contribution in [3.63, 3.8) is 0 Å². The molecule has 0 saturated carbocycles. The van der Waals surface area contributed by atoms with E-state index >= 15 is 0 Å². The summed E-state index contributed by atoms with van der Waals surface area (Å²) in [6, 6.07) is 14.5. The smallest absolute Gasteiger partial charge is 0.326 e. The van der Waals surface area contributed by atoms with Crippen molar-refractivity contribution in [3.05, 3.63) is 81.5 Å². The molecule has 0 atom stereocenters. The van der Waals surface area contributed by atoms with Gasteiger partial charge < -0.3 is 15.7 Å². The van der Waals surface area contributed by atoms with Gasteiger partial charge in [0.25, 0.3) is 11.8 Å². The highest BCUT2D eigenvalue weighted by molar-refractivity contribution is 7.11.